The Hall–Kier alpha value is -2.83. The summed E-state index contributed by atoms with van der Waals surface area (Å²) in [5, 5.41) is 13.6. The number of nitrogens with zero attached hydrogens (tertiary/aromatic N) is 3. The van der Waals surface area contributed by atoms with E-state index in [2.05, 4.69) is 5.10 Å². The topological polar surface area (TPSA) is 84.7 Å². The first-order valence-electron chi connectivity index (χ1n) is 7.63. The molecule has 0 spiro atoms. The van der Waals surface area contributed by atoms with E-state index >= 15 is 0 Å². The summed E-state index contributed by atoms with van der Waals surface area (Å²) >= 11 is 0. The number of methoxy groups -OCH3 is 1. The van der Waals surface area contributed by atoms with Gasteiger partial charge in [0.15, 0.2) is 0 Å². The Morgan fingerprint density at radius 2 is 2.08 bits per heavy atom. The summed E-state index contributed by atoms with van der Waals surface area (Å²) in [6, 6.07) is 6.89. The van der Waals surface area contributed by atoms with Gasteiger partial charge in [0.25, 0.3) is 0 Å². The largest absolute Gasteiger partial charge is 0.497 e. The van der Waals surface area contributed by atoms with Crippen LogP contribution in [0.4, 0.5) is 0 Å². The van der Waals surface area contributed by atoms with E-state index < -0.39 is 17.9 Å². The number of aromatic nitrogens is 2. The number of aryl methyl sites for hydroxylation is 1. The molecule has 0 radical (unpaired) electrons. The van der Waals surface area contributed by atoms with Crippen molar-refractivity contribution in [2.24, 2.45) is 13.0 Å². The van der Waals surface area contributed by atoms with Crippen molar-refractivity contribution in [2.75, 3.05) is 7.11 Å². The first kappa shape index (κ1) is 16.0. The van der Waals surface area contributed by atoms with Gasteiger partial charge in [0, 0.05) is 31.8 Å². The molecule has 7 nitrogen and oxygen atoms in total. The Balaban J connectivity index is 1.90. The van der Waals surface area contributed by atoms with Crippen molar-refractivity contribution < 1.29 is 19.4 Å². The summed E-state index contributed by atoms with van der Waals surface area (Å²) in [7, 11) is 3.36. The summed E-state index contributed by atoms with van der Waals surface area (Å²) < 4.78 is 6.75. The molecule has 0 saturated carbocycles. The molecule has 1 amide bonds. The maximum Gasteiger partial charge on any atom is 0.309 e. The molecule has 1 aromatic heterocycles. The van der Waals surface area contributed by atoms with Gasteiger partial charge in [-0.05, 0) is 17.7 Å². The number of carboxylic acids is 1. The number of aliphatic carboxylic acids is 1. The minimum absolute atomic E-state index is 0.00501. The van der Waals surface area contributed by atoms with Crippen molar-refractivity contribution in [1.82, 2.24) is 14.7 Å². The van der Waals surface area contributed by atoms with Crippen LogP contribution in [0.1, 0.15) is 23.6 Å². The fourth-order valence-electron chi connectivity index (χ4n) is 3.13. The van der Waals surface area contributed by atoms with Gasteiger partial charge >= 0.3 is 5.97 Å². The zero-order chi connectivity index (χ0) is 17.3. The predicted octanol–water partition coefficient (Wildman–Crippen LogP) is 1.60. The van der Waals surface area contributed by atoms with E-state index in [0.29, 0.717) is 6.54 Å². The number of benzene rings is 1. The number of carbonyl (C=O) groups is 2. The van der Waals surface area contributed by atoms with Crippen molar-refractivity contribution >= 4 is 11.9 Å². The van der Waals surface area contributed by atoms with Gasteiger partial charge in [-0.15, -0.1) is 0 Å². The molecular weight excluding hydrogens is 310 g/mol. The zero-order valence-electron chi connectivity index (χ0n) is 13.5. The quantitative estimate of drug-likeness (QED) is 0.901. The molecule has 0 aliphatic carbocycles. The lowest BCUT2D eigenvalue weighted by Gasteiger charge is -2.26. The van der Waals surface area contributed by atoms with Crippen LogP contribution in [0.15, 0.2) is 36.7 Å². The summed E-state index contributed by atoms with van der Waals surface area (Å²) in [5.41, 5.74) is 1.66. The maximum atomic E-state index is 12.4. The lowest BCUT2D eigenvalue weighted by molar-refractivity contribution is -0.142. The van der Waals surface area contributed by atoms with Gasteiger partial charge in [-0.2, -0.15) is 5.10 Å². The molecule has 2 atom stereocenters. The van der Waals surface area contributed by atoms with E-state index in [1.54, 1.807) is 36.1 Å². The highest BCUT2D eigenvalue weighted by Gasteiger charge is 2.45. The third-order valence-corrected chi connectivity index (χ3v) is 4.33. The summed E-state index contributed by atoms with van der Waals surface area (Å²) in [6.45, 7) is 0.353. The van der Waals surface area contributed by atoms with E-state index in [0.717, 1.165) is 16.9 Å². The van der Waals surface area contributed by atoms with E-state index in [4.69, 9.17) is 4.74 Å². The monoisotopic (exact) mass is 329 g/mol. The predicted molar refractivity (Wildman–Crippen MR) is 85.2 cm³/mol. The van der Waals surface area contributed by atoms with Crippen molar-refractivity contribution in [3.8, 4) is 5.75 Å². The molecule has 24 heavy (non-hydrogen) atoms. The van der Waals surface area contributed by atoms with Crippen LogP contribution in [-0.2, 0) is 23.2 Å². The molecule has 1 N–H and O–H groups in total. The van der Waals surface area contributed by atoms with Crippen molar-refractivity contribution in [2.45, 2.75) is 19.0 Å². The number of carbonyl (C=O) groups excluding carboxylic acids is 1. The lowest BCUT2D eigenvalue weighted by Crippen LogP contribution is -2.30. The number of hydrogen-bond acceptors (Lipinski definition) is 4. The molecule has 1 saturated heterocycles. The summed E-state index contributed by atoms with van der Waals surface area (Å²) in [6.07, 6.45) is 3.39. The molecule has 2 aromatic rings. The first-order chi connectivity index (χ1) is 11.5. The fourth-order valence-corrected chi connectivity index (χ4v) is 3.13. The second kappa shape index (κ2) is 6.35. The van der Waals surface area contributed by atoms with E-state index in [9.17, 15) is 14.7 Å². The van der Waals surface area contributed by atoms with Crippen LogP contribution in [0.3, 0.4) is 0 Å². The Labute approximate surface area is 139 Å². The highest BCUT2D eigenvalue weighted by molar-refractivity contribution is 5.87. The smallest absolute Gasteiger partial charge is 0.309 e. The molecule has 1 aromatic carbocycles. The maximum absolute atomic E-state index is 12.4. The van der Waals surface area contributed by atoms with Gasteiger partial charge in [-0.1, -0.05) is 12.1 Å². The van der Waals surface area contributed by atoms with Crippen molar-refractivity contribution in [3.05, 3.63) is 47.8 Å². The van der Waals surface area contributed by atoms with Gasteiger partial charge in [0.2, 0.25) is 5.91 Å². The van der Waals surface area contributed by atoms with Crippen LogP contribution < -0.4 is 4.74 Å². The molecule has 1 fully saturated rings. The highest BCUT2D eigenvalue weighted by atomic mass is 16.5. The molecule has 7 heteroatoms. The minimum Gasteiger partial charge on any atom is -0.497 e. The standard InChI is InChI=1S/C17H19N3O4/c1-19-10-12(8-18-19)16-14(17(22)23)7-15(21)20(16)9-11-3-5-13(24-2)6-4-11/h3-6,8,10,14,16H,7,9H2,1-2H3,(H,22,23). The molecule has 126 valence electrons. The van der Waals surface area contributed by atoms with Crippen LogP contribution >= 0.6 is 0 Å². The average molecular weight is 329 g/mol. The average Bonchev–Trinajstić information content (AvgIpc) is 3.12. The van der Waals surface area contributed by atoms with Crippen LogP contribution in [0, 0.1) is 5.92 Å². The third-order valence-electron chi connectivity index (χ3n) is 4.33. The molecule has 2 unspecified atom stereocenters. The Bertz CT molecular complexity index is 753. The normalized spacial score (nSPS) is 20.4. The lowest BCUT2D eigenvalue weighted by atomic mass is 9.96. The van der Waals surface area contributed by atoms with Gasteiger partial charge in [-0.3, -0.25) is 14.3 Å². The van der Waals surface area contributed by atoms with Gasteiger partial charge in [0.05, 0.1) is 25.3 Å². The fraction of sp³-hybridized carbons (Fsp3) is 0.353. The van der Waals surface area contributed by atoms with Crippen LogP contribution in [-0.4, -0.2) is 38.8 Å². The van der Waals surface area contributed by atoms with Crippen LogP contribution in [0.25, 0.3) is 0 Å². The molecule has 2 heterocycles. The van der Waals surface area contributed by atoms with Gasteiger partial charge < -0.3 is 14.7 Å². The Morgan fingerprint density at radius 3 is 2.62 bits per heavy atom. The molecule has 1 aliphatic heterocycles. The van der Waals surface area contributed by atoms with Crippen molar-refractivity contribution in [3.63, 3.8) is 0 Å². The number of ether oxygens (including phenoxy) is 1. The van der Waals surface area contributed by atoms with Gasteiger partial charge in [0.1, 0.15) is 5.75 Å². The highest BCUT2D eigenvalue weighted by Crippen LogP contribution is 2.39. The number of amides is 1. The van der Waals surface area contributed by atoms with Crippen molar-refractivity contribution in [1.29, 1.82) is 0 Å². The molecule has 3 rings (SSSR count). The van der Waals surface area contributed by atoms with E-state index in [-0.39, 0.29) is 12.3 Å². The van der Waals surface area contributed by atoms with E-state index in [1.165, 1.54) is 0 Å². The number of carboxylic acid groups (broad SMARTS) is 1. The van der Waals surface area contributed by atoms with Crippen LogP contribution in [0.2, 0.25) is 0 Å². The third kappa shape index (κ3) is 2.97. The number of hydrogen-bond donors (Lipinski definition) is 1. The van der Waals surface area contributed by atoms with E-state index in [1.807, 2.05) is 24.3 Å². The molecule has 0 bridgehead atoms. The van der Waals surface area contributed by atoms with Crippen LogP contribution in [0.5, 0.6) is 5.75 Å². The summed E-state index contributed by atoms with van der Waals surface area (Å²) in [5.74, 6) is -1.15. The first-order valence-corrected chi connectivity index (χ1v) is 7.63. The second-order valence-electron chi connectivity index (χ2n) is 5.91. The Kier molecular flexibility index (Phi) is 4.24. The number of rotatable bonds is 5. The zero-order valence-corrected chi connectivity index (χ0v) is 13.5. The molecular formula is C17H19N3O4. The number of likely N-dealkylation sites (tertiary alicyclic amines) is 1. The second-order valence-corrected chi connectivity index (χ2v) is 5.91. The minimum atomic E-state index is -0.963. The molecule has 1 aliphatic rings. The van der Waals surface area contributed by atoms with Gasteiger partial charge in [-0.25, -0.2) is 0 Å². The SMILES string of the molecule is COc1ccc(CN2C(=O)CC(C(=O)O)C2c2cnn(C)c2)cc1. The summed E-state index contributed by atoms with van der Waals surface area (Å²) in [4.78, 5) is 25.6. The Morgan fingerprint density at radius 1 is 1.38 bits per heavy atom.